The van der Waals surface area contributed by atoms with Crippen LogP contribution in [0, 0.1) is 0 Å². The molecule has 0 amide bonds. The maximum atomic E-state index is 11.9. The standard InChI is InChI=1S/C17H16N2O4S/c1-22-11-5-3-10(4-6-11)12(9-15(21)23-2)16-14(20)8-7-13-17(16)19-24-18-13/h3-8,12,20H,9H2,1-2H3/t12-/m1/s1. The molecule has 2 aromatic carbocycles. The molecular weight excluding hydrogens is 328 g/mol. The van der Waals surface area contributed by atoms with Crippen LogP contribution in [0.15, 0.2) is 36.4 Å². The highest BCUT2D eigenvalue weighted by molar-refractivity contribution is 7.00. The molecule has 24 heavy (non-hydrogen) atoms. The molecule has 0 aliphatic rings. The van der Waals surface area contributed by atoms with Gasteiger partial charge in [0.1, 0.15) is 22.5 Å². The van der Waals surface area contributed by atoms with E-state index in [0.29, 0.717) is 22.3 Å². The molecule has 7 heteroatoms. The molecule has 0 saturated carbocycles. The normalized spacial score (nSPS) is 12.1. The van der Waals surface area contributed by atoms with Crippen LogP contribution in [-0.4, -0.2) is 34.0 Å². The SMILES string of the molecule is COC(=O)C[C@H](c1ccc(OC)cc1)c1c(O)ccc2nsnc12. The van der Waals surface area contributed by atoms with Gasteiger partial charge in [-0.25, -0.2) is 0 Å². The zero-order valence-electron chi connectivity index (χ0n) is 13.2. The van der Waals surface area contributed by atoms with Crippen molar-refractivity contribution in [3.8, 4) is 11.5 Å². The second kappa shape index (κ2) is 6.84. The van der Waals surface area contributed by atoms with Gasteiger partial charge in [0.2, 0.25) is 0 Å². The Labute approximate surface area is 143 Å². The van der Waals surface area contributed by atoms with E-state index in [4.69, 9.17) is 9.47 Å². The van der Waals surface area contributed by atoms with Gasteiger partial charge in [-0.1, -0.05) is 12.1 Å². The summed E-state index contributed by atoms with van der Waals surface area (Å²) in [5.41, 5.74) is 2.73. The Morgan fingerprint density at radius 2 is 1.92 bits per heavy atom. The summed E-state index contributed by atoms with van der Waals surface area (Å²) in [4.78, 5) is 11.9. The molecule has 0 bridgehead atoms. The highest BCUT2D eigenvalue weighted by Gasteiger charge is 2.25. The fourth-order valence-electron chi connectivity index (χ4n) is 2.68. The summed E-state index contributed by atoms with van der Waals surface area (Å²) in [7, 11) is 2.94. The number of phenols is 1. The molecule has 1 atom stereocenters. The van der Waals surface area contributed by atoms with Crippen molar-refractivity contribution >= 4 is 28.7 Å². The van der Waals surface area contributed by atoms with Crippen molar-refractivity contribution < 1.29 is 19.4 Å². The topological polar surface area (TPSA) is 81.5 Å². The van der Waals surface area contributed by atoms with Gasteiger partial charge in [-0.2, -0.15) is 8.75 Å². The molecule has 0 radical (unpaired) electrons. The maximum absolute atomic E-state index is 11.9. The second-order valence-electron chi connectivity index (χ2n) is 5.24. The highest BCUT2D eigenvalue weighted by atomic mass is 32.1. The average Bonchev–Trinajstić information content (AvgIpc) is 3.08. The van der Waals surface area contributed by atoms with Gasteiger partial charge in [0.25, 0.3) is 0 Å². The van der Waals surface area contributed by atoms with E-state index in [2.05, 4.69) is 8.75 Å². The fourth-order valence-corrected chi connectivity index (χ4v) is 3.23. The molecule has 1 heterocycles. The first-order chi connectivity index (χ1) is 11.6. The van der Waals surface area contributed by atoms with E-state index in [1.165, 1.54) is 7.11 Å². The number of ether oxygens (including phenoxy) is 2. The molecule has 0 spiro atoms. The van der Waals surface area contributed by atoms with E-state index in [1.54, 1.807) is 19.2 Å². The Hall–Kier alpha value is -2.67. The minimum Gasteiger partial charge on any atom is -0.508 e. The molecule has 0 unspecified atom stereocenters. The van der Waals surface area contributed by atoms with Crippen LogP contribution < -0.4 is 4.74 Å². The number of aromatic nitrogens is 2. The number of methoxy groups -OCH3 is 2. The Kier molecular flexibility index (Phi) is 4.61. The molecular formula is C17H16N2O4S. The summed E-state index contributed by atoms with van der Waals surface area (Å²) >= 11 is 1.07. The highest BCUT2D eigenvalue weighted by Crippen LogP contribution is 2.39. The largest absolute Gasteiger partial charge is 0.508 e. The minimum atomic E-state index is -0.393. The number of benzene rings is 2. The molecule has 3 rings (SSSR count). The van der Waals surface area contributed by atoms with Gasteiger partial charge in [-0.3, -0.25) is 4.79 Å². The van der Waals surface area contributed by atoms with Crippen LogP contribution >= 0.6 is 11.7 Å². The first kappa shape index (κ1) is 16.2. The summed E-state index contributed by atoms with van der Waals surface area (Å²) in [6.45, 7) is 0. The third kappa shape index (κ3) is 3.03. The van der Waals surface area contributed by atoms with Crippen molar-refractivity contribution in [3.05, 3.63) is 47.5 Å². The lowest BCUT2D eigenvalue weighted by atomic mass is 9.87. The number of hydrogen-bond acceptors (Lipinski definition) is 7. The van der Waals surface area contributed by atoms with E-state index in [-0.39, 0.29) is 18.1 Å². The second-order valence-corrected chi connectivity index (χ2v) is 5.76. The fraction of sp³-hybridized carbons (Fsp3) is 0.235. The lowest BCUT2D eigenvalue weighted by molar-refractivity contribution is -0.140. The van der Waals surface area contributed by atoms with E-state index in [1.807, 2.05) is 24.3 Å². The van der Waals surface area contributed by atoms with E-state index in [0.717, 1.165) is 17.3 Å². The average molecular weight is 344 g/mol. The number of hydrogen-bond donors (Lipinski definition) is 1. The summed E-state index contributed by atoms with van der Waals surface area (Å²) in [5.74, 6) is 0.0413. The Morgan fingerprint density at radius 3 is 2.58 bits per heavy atom. The van der Waals surface area contributed by atoms with Crippen LogP contribution in [0.3, 0.4) is 0 Å². The first-order valence-corrected chi connectivity index (χ1v) is 8.02. The molecule has 0 saturated heterocycles. The monoisotopic (exact) mass is 344 g/mol. The molecule has 1 N–H and O–H groups in total. The van der Waals surface area contributed by atoms with Crippen molar-refractivity contribution in [2.24, 2.45) is 0 Å². The van der Waals surface area contributed by atoms with Gasteiger partial charge in [-0.15, -0.1) is 0 Å². The summed E-state index contributed by atoms with van der Waals surface area (Å²) in [5, 5.41) is 10.4. The molecule has 0 fully saturated rings. The number of nitrogens with zero attached hydrogens (tertiary/aromatic N) is 2. The van der Waals surface area contributed by atoms with Crippen molar-refractivity contribution in [2.45, 2.75) is 12.3 Å². The summed E-state index contributed by atoms with van der Waals surface area (Å²) < 4.78 is 18.5. The number of carbonyl (C=O) groups is 1. The molecule has 1 aromatic heterocycles. The van der Waals surface area contributed by atoms with Gasteiger partial charge in [0.05, 0.1) is 32.4 Å². The Morgan fingerprint density at radius 1 is 1.17 bits per heavy atom. The molecule has 6 nitrogen and oxygen atoms in total. The van der Waals surface area contributed by atoms with Crippen LogP contribution in [0.2, 0.25) is 0 Å². The number of fused-ring (bicyclic) bond motifs is 1. The van der Waals surface area contributed by atoms with Crippen molar-refractivity contribution in [1.82, 2.24) is 8.75 Å². The molecule has 3 aromatic rings. The van der Waals surface area contributed by atoms with Crippen LogP contribution in [0.1, 0.15) is 23.5 Å². The molecule has 0 aliphatic carbocycles. The van der Waals surface area contributed by atoms with Crippen LogP contribution in [0.4, 0.5) is 0 Å². The van der Waals surface area contributed by atoms with Gasteiger partial charge < -0.3 is 14.6 Å². The lowest BCUT2D eigenvalue weighted by Crippen LogP contribution is -2.11. The van der Waals surface area contributed by atoms with Crippen LogP contribution in [0.5, 0.6) is 11.5 Å². The van der Waals surface area contributed by atoms with Crippen molar-refractivity contribution in [2.75, 3.05) is 14.2 Å². The van der Waals surface area contributed by atoms with Gasteiger partial charge in [0.15, 0.2) is 0 Å². The van der Waals surface area contributed by atoms with Crippen LogP contribution in [0.25, 0.3) is 11.0 Å². The van der Waals surface area contributed by atoms with Crippen molar-refractivity contribution in [1.29, 1.82) is 0 Å². The van der Waals surface area contributed by atoms with Gasteiger partial charge in [-0.05, 0) is 29.8 Å². The number of rotatable bonds is 5. The zero-order chi connectivity index (χ0) is 17.1. The van der Waals surface area contributed by atoms with E-state index < -0.39 is 5.92 Å². The maximum Gasteiger partial charge on any atom is 0.306 e. The molecule has 0 aliphatic heterocycles. The number of esters is 1. The third-order valence-electron chi connectivity index (χ3n) is 3.91. The molecule has 124 valence electrons. The Bertz CT molecular complexity index is 861. The number of phenolic OH excluding ortho intramolecular Hbond substituents is 1. The summed E-state index contributed by atoms with van der Waals surface area (Å²) in [6, 6.07) is 10.6. The van der Waals surface area contributed by atoms with E-state index >= 15 is 0 Å². The Balaban J connectivity index is 2.14. The predicted octanol–water partition coefficient (Wildman–Crippen LogP) is 3.10. The zero-order valence-corrected chi connectivity index (χ0v) is 14.0. The lowest BCUT2D eigenvalue weighted by Gasteiger charge is -2.18. The van der Waals surface area contributed by atoms with Gasteiger partial charge >= 0.3 is 5.97 Å². The minimum absolute atomic E-state index is 0.0833. The third-order valence-corrected chi connectivity index (χ3v) is 4.45. The smallest absolute Gasteiger partial charge is 0.306 e. The number of carbonyl (C=O) groups excluding carboxylic acids is 1. The van der Waals surface area contributed by atoms with Gasteiger partial charge in [0, 0.05) is 11.5 Å². The van der Waals surface area contributed by atoms with Crippen LogP contribution in [-0.2, 0) is 9.53 Å². The quantitative estimate of drug-likeness (QED) is 0.716. The first-order valence-electron chi connectivity index (χ1n) is 7.29. The predicted molar refractivity (Wildman–Crippen MR) is 90.5 cm³/mol. The number of aromatic hydroxyl groups is 1. The summed E-state index contributed by atoms with van der Waals surface area (Å²) in [6.07, 6.45) is 0.0903. The van der Waals surface area contributed by atoms with Crippen molar-refractivity contribution in [3.63, 3.8) is 0 Å². The van der Waals surface area contributed by atoms with E-state index in [9.17, 15) is 9.90 Å².